The predicted molar refractivity (Wildman–Crippen MR) is 315 cm³/mol. The standard InChI is InChI=1S/C67H128O6/c1-2-3-4-5-6-7-8-9-10-11-12-13-14-15-16-17-18-19-20-21-22-23-24-25-26-27-28-29-30-31-32-33-34-35-36-37-38-39-40-41-42-43-44-45-46-47-48-49-50-51-52-53-54-55-56-57-58-64-59-65(70)72-62-67(60-68,61-69)63-73-66(64)71/h15-16,64,68-69H,2-14,17-63H2,1H3/b16-15+. The Labute approximate surface area is 455 Å². The third-order valence-electron chi connectivity index (χ3n) is 16.5. The Bertz CT molecular complexity index is 1150. The highest BCUT2D eigenvalue weighted by atomic mass is 16.6. The Hall–Kier alpha value is -1.40. The molecule has 0 spiro atoms. The molecule has 6 heteroatoms. The minimum Gasteiger partial charge on any atom is -0.465 e. The summed E-state index contributed by atoms with van der Waals surface area (Å²) in [6.07, 6.45) is 81.6. The first-order valence-corrected chi connectivity index (χ1v) is 33.3. The van der Waals surface area contributed by atoms with E-state index in [0.717, 1.165) is 19.3 Å². The van der Waals surface area contributed by atoms with E-state index in [1.54, 1.807) is 0 Å². The van der Waals surface area contributed by atoms with E-state index >= 15 is 0 Å². The first kappa shape index (κ1) is 69.6. The highest BCUT2D eigenvalue weighted by Crippen LogP contribution is 2.25. The van der Waals surface area contributed by atoms with Crippen molar-refractivity contribution in [3.63, 3.8) is 0 Å². The van der Waals surface area contributed by atoms with Gasteiger partial charge in [0.05, 0.1) is 31.0 Å². The third kappa shape index (κ3) is 48.7. The fourth-order valence-corrected chi connectivity index (χ4v) is 11.1. The number of cyclic esters (lactones) is 2. The van der Waals surface area contributed by atoms with Gasteiger partial charge in [-0.05, 0) is 32.1 Å². The topological polar surface area (TPSA) is 93.1 Å². The molecule has 1 fully saturated rings. The van der Waals surface area contributed by atoms with E-state index in [2.05, 4.69) is 19.1 Å². The van der Waals surface area contributed by atoms with Crippen molar-refractivity contribution < 1.29 is 29.3 Å². The number of hydrogen-bond acceptors (Lipinski definition) is 6. The first-order chi connectivity index (χ1) is 36.1. The second-order valence-electron chi connectivity index (χ2n) is 23.9. The van der Waals surface area contributed by atoms with E-state index < -0.39 is 36.5 Å². The molecule has 6 nitrogen and oxygen atoms in total. The Balaban J connectivity index is 1.67. The summed E-state index contributed by atoms with van der Waals surface area (Å²) in [5.74, 6) is -1.40. The maximum Gasteiger partial charge on any atom is 0.309 e. The van der Waals surface area contributed by atoms with Crippen molar-refractivity contribution in [2.45, 2.75) is 366 Å². The summed E-state index contributed by atoms with van der Waals surface area (Å²) in [6, 6.07) is 0. The number of rotatable bonds is 58. The second-order valence-corrected chi connectivity index (χ2v) is 23.9. The molecule has 0 amide bonds. The SMILES string of the molecule is CCCCCCCCCCCCCC/C=C/CCCCCCCCCCCCCCCCCCCCCCCCCCCCCCCCCCCCCCCCCCC1CC(=O)OCC(CO)(CO)COC1=O. The van der Waals surface area contributed by atoms with E-state index in [0.29, 0.717) is 6.42 Å². The van der Waals surface area contributed by atoms with Gasteiger partial charge in [-0.2, -0.15) is 0 Å². The monoisotopic (exact) mass is 1030 g/mol. The fraction of sp³-hybridized carbons (Fsp3) is 0.940. The molecular formula is C67H128O6. The van der Waals surface area contributed by atoms with Crippen molar-refractivity contribution >= 4 is 11.9 Å². The van der Waals surface area contributed by atoms with Crippen LogP contribution >= 0.6 is 0 Å². The number of aliphatic hydroxyl groups is 2. The molecule has 1 rings (SSSR count). The lowest BCUT2D eigenvalue weighted by molar-refractivity contribution is -0.155. The van der Waals surface area contributed by atoms with Crippen LogP contribution in [0.1, 0.15) is 366 Å². The minimum absolute atomic E-state index is 0.00510. The Morgan fingerprint density at radius 1 is 0.356 bits per heavy atom. The molecule has 1 heterocycles. The van der Waals surface area contributed by atoms with Gasteiger partial charge in [-0.25, -0.2) is 0 Å². The summed E-state index contributed by atoms with van der Waals surface area (Å²) < 4.78 is 10.6. The molecule has 1 aliphatic rings. The molecule has 0 aliphatic carbocycles. The highest BCUT2D eigenvalue weighted by molar-refractivity contribution is 5.80. The molecule has 73 heavy (non-hydrogen) atoms. The normalized spacial score (nSPS) is 15.2. The van der Waals surface area contributed by atoms with Gasteiger partial charge < -0.3 is 19.7 Å². The van der Waals surface area contributed by atoms with Crippen LogP contribution in [0.5, 0.6) is 0 Å². The molecule has 2 N–H and O–H groups in total. The van der Waals surface area contributed by atoms with Gasteiger partial charge in [-0.1, -0.05) is 340 Å². The number of unbranched alkanes of at least 4 members (excludes halogenated alkanes) is 52. The van der Waals surface area contributed by atoms with Crippen LogP contribution in [0.15, 0.2) is 12.2 Å². The minimum atomic E-state index is -1.12. The molecule has 0 aromatic heterocycles. The van der Waals surface area contributed by atoms with Gasteiger partial charge in [0.25, 0.3) is 0 Å². The molecule has 0 aromatic carbocycles. The number of allylic oxidation sites excluding steroid dienone is 2. The second kappa shape index (κ2) is 56.8. The third-order valence-corrected chi connectivity index (χ3v) is 16.5. The number of aliphatic hydroxyl groups excluding tert-OH is 2. The highest BCUT2D eigenvalue weighted by Gasteiger charge is 2.36. The van der Waals surface area contributed by atoms with Gasteiger partial charge in [0.2, 0.25) is 0 Å². The van der Waals surface area contributed by atoms with Crippen LogP contribution in [0.4, 0.5) is 0 Å². The molecular weight excluding hydrogens is 901 g/mol. The lowest BCUT2D eigenvalue weighted by atomic mass is 9.92. The van der Waals surface area contributed by atoms with Gasteiger partial charge in [0.1, 0.15) is 13.2 Å². The van der Waals surface area contributed by atoms with Crippen LogP contribution in [-0.4, -0.2) is 48.6 Å². The molecule has 1 saturated heterocycles. The van der Waals surface area contributed by atoms with Crippen LogP contribution in [-0.2, 0) is 19.1 Å². The Kier molecular flexibility index (Phi) is 54.2. The summed E-state index contributed by atoms with van der Waals surface area (Å²) in [6.45, 7) is 1.21. The van der Waals surface area contributed by atoms with E-state index in [1.165, 1.54) is 327 Å². The van der Waals surface area contributed by atoms with Crippen molar-refractivity contribution in [2.75, 3.05) is 26.4 Å². The first-order valence-electron chi connectivity index (χ1n) is 33.3. The average molecular weight is 1030 g/mol. The van der Waals surface area contributed by atoms with Crippen molar-refractivity contribution in [2.24, 2.45) is 11.3 Å². The molecule has 0 aromatic rings. The number of carbonyl (C=O) groups is 2. The largest absolute Gasteiger partial charge is 0.465 e. The summed E-state index contributed by atoms with van der Waals surface area (Å²) in [7, 11) is 0. The van der Waals surface area contributed by atoms with E-state index in [9.17, 15) is 19.8 Å². The van der Waals surface area contributed by atoms with Crippen LogP contribution < -0.4 is 0 Å². The van der Waals surface area contributed by atoms with Crippen LogP contribution in [0.2, 0.25) is 0 Å². The maximum atomic E-state index is 12.6. The molecule has 0 bridgehead atoms. The average Bonchev–Trinajstić information content (AvgIpc) is 3.46. The molecule has 1 unspecified atom stereocenters. The predicted octanol–water partition coefficient (Wildman–Crippen LogP) is 21.1. The summed E-state index contributed by atoms with van der Waals surface area (Å²) >= 11 is 0. The van der Waals surface area contributed by atoms with Crippen LogP contribution in [0.3, 0.4) is 0 Å². The van der Waals surface area contributed by atoms with Gasteiger partial charge in [-0.3, -0.25) is 9.59 Å². The van der Waals surface area contributed by atoms with Gasteiger partial charge in [0.15, 0.2) is 0 Å². The zero-order valence-electron chi connectivity index (χ0n) is 49.2. The summed E-state index contributed by atoms with van der Waals surface area (Å²) in [4.78, 5) is 24.7. The van der Waals surface area contributed by atoms with Crippen LogP contribution in [0, 0.1) is 11.3 Å². The van der Waals surface area contributed by atoms with Crippen molar-refractivity contribution in [3.8, 4) is 0 Å². The maximum absolute atomic E-state index is 12.6. The molecule has 1 aliphatic heterocycles. The van der Waals surface area contributed by atoms with E-state index in [4.69, 9.17) is 9.47 Å². The number of carbonyl (C=O) groups excluding carboxylic acids is 2. The Morgan fingerprint density at radius 2 is 0.589 bits per heavy atom. The smallest absolute Gasteiger partial charge is 0.309 e. The quantitative estimate of drug-likeness (QED) is 0.0358. The number of esters is 2. The lowest BCUT2D eigenvalue weighted by Crippen LogP contribution is -2.40. The van der Waals surface area contributed by atoms with Gasteiger partial charge >= 0.3 is 11.9 Å². The summed E-state index contributed by atoms with van der Waals surface area (Å²) in [5, 5.41) is 19.2. The molecule has 1 atom stereocenters. The zero-order valence-corrected chi connectivity index (χ0v) is 49.2. The van der Waals surface area contributed by atoms with Crippen molar-refractivity contribution in [3.05, 3.63) is 12.2 Å². The molecule has 0 radical (unpaired) electrons. The fourth-order valence-electron chi connectivity index (χ4n) is 11.1. The van der Waals surface area contributed by atoms with E-state index in [-0.39, 0.29) is 19.6 Å². The summed E-state index contributed by atoms with van der Waals surface area (Å²) in [5.41, 5.74) is -1.12. The zero-order chi connectivity index (χ0) is 52.5. The van der Waals surface area contributed by atoms with Gasteiger partial charge in [-0.15, -0.1) is 0 Å². The van der Waals surface area contributed by atoms with Crippen LogP contribution in [0.25, 0.3) is 0 Å². The molecule has 432 valence electrons. The van der Waals surface area contributed by atoms with Crippen molar-refractivity contribution in [1.29, 1.82) is 0 Å². The number of hydrogen-bond donors (Lipinski definition) is 2. The van der Waals surface area contributed by atoms with Gasteiger partial charge in [0, 0.05) is 0 Å². The van der Waals surface area contributed by atoms with Crippen molar-refractivity contribution in [1.82, 2.24) is 0 Å². The van der Waals surface area contributed by atoms with E-state index in [1.807, 2.05) is 0 Å². The number of ether oxygens (including phenoxy) is 2. The Morgan fingerprint density at radius 3 is 0.849 bits per heavy atom. The lowest BCUT2D eigenvalue weighted by Gasteiger charge is -2.27. The molecule has 0 saturated carbocycles.